The van der Waals surface area contributed by atoms with Gasteiger partial charge in [0, 0.05) is 6.04 Å². The van der Waals surface area contributed by atoms with Gasteiger partial charge in [-0.2, -0.15) is 0 Å². The number of nitrogens with one attached hydrogen (secondary N) is 1. The van der Waals surface area contributed by atoms with Gasteiger partial charge in [0.25, 0.3) is 0 Å². The highest BCUT2D eigenvalue weighted by atomic mass is 16.3. The van der Waals surface area contributed by atoms with Crippen LogP contribution in [0.4, 0.5) is 0 Å². The Morgan fingerprint density at radius 1 is 1.50 bits per heavy atom. The molecule has 1 saturated heterocycles. The first-order valence-electron chi connectivity index (χ1n) is 5.28. The molecule has 0 spiro atoms. The van der Waals surface area contributed by atoms with E-state index < -0.39 is 0 Å². The van der Waals surface area contributed by atoms with E-state index in [0.29, 0.717) is 6.04 Å². The first-order chi connectivity index (χ1) is 6.77. The molecule has 0 bridgehead atoms. The van der Waals surface area contributed by atoms with Crippen LogP contribution in [0.5, 0.6) is 0 Å². The van der Waals surface area contributed by atoms with E-state index in [-0.39, 0.29) is 6.10 Å². The largest absolute Gasteiger partial charge is 0.389 e. The summed E-state index contributed by atoms with van der Waals surface area (Å²) in [6, 6.07) is 8.73. The molecule has 2 nitrogen and oxygen atoms in total. The molecule has 2 unspecified atom stereocenters. The molecule has 1 fully saturated rings. The predicted molar refractivity (Wildman–Crippen MR) is 57.1 cm³/mol. The Labute approximate surface area is 85.0 Å². The van der Waals surface area contributed by atoms with Crippen LogP contribution in [0.2, 0.25) is 0 Å². The van der Waals surface area contributed by atoms with Crippen LogP contribution in [0.15, 0.2) is 24.3 Å². The highest BCUT2D eigenvalue weighted by molar-refractivity contribution is 5.27. The molecule has 1 heterocycles. The van der Waals surface area contributed by atoms with E-state index >= 15 is 0 Å². The Balaban J connectivity index is 2.21. The minimum Gasteiger partial charge on any atom is -0.389 e. The summed E-state index contributed by atoms with van der Waals surface area (Å²) in [6.07, 6.45) is 2.10. The van der Waals surface area contributed by atoms with Crippen LogP contribution in [0.25, 0.3) is 0 Å². The fourth-order valence-electron chi connectivity index (χ4n) is 2.00. The molecule has 2 N–H and O–H groups in total. The van der Waals surface area contributed by atoms with Crippen molar-refractivity contribution >= 4 is 0 Å². The van der Waals surface area contributed by atoms with Gasteiger partial charge in [-0.3, -0.25) is 0 Å². The lowest BCUT2D eigenvalue weighted by Crippen LogP contribution is -2.13. The molecule has 1 aliphatic rings. The summed E-state index contributed by atoms with van der Waals surface area (Å²) < 4.78 is 0. The second kappa shape index (κ2) is 4.11. The number of benzene rings is 1. The van der Waals surface area contributed by atoms with Crippen molar-refractivity contribution in [2.45, 2.75) is 31.9 Å². The Hall–Kier alpha value is -0.860. The topological polar surface area (TPSA) is 32.3 Å². The summed E-state index contributed by atoms with van der Waals surface area (Å²) >= 11 is 0. The molecule has 2 rings (SSSR count). The van der Waals surface area contributed by atoms with Crippen LogP contribution in [0, 0.1) is 0 Å². The van der Waals surface area contributed by atoms with Crippen LogP contribution in [0.3, 0.4) is 0 Å². The molecule has 2 heteroatoms. The van der Waals surface area contributed by atoms with Crippen LogP contribution >= 0.6 is 0 Å². The fourth-order valence-corrected chi connectivity index (χ4v) is 2.00. The second-order valence-corrected chi connectivity index (χ2v) is 4.00. The molecular formula is C12H17NO. The third-order valence-corrected chi connectivity index (χ3v) is 2.86. The van der Waals surface area contributed by atoms with Gasteiger partial charge in [-0.1, -0.05) is 24.3 Å². The Morgan fingerprint density at radius 2 is 2.36 bits per heavy atom. The van der Waals surface area contributed by atoms with Crippen molar-refractivity contribution in [1.29, 1.82) is 0 Å². The third kappa shape index (κ3) is 1.97. The SMILES string of the molecule is CC(O)c1cccc(C2CCCN2)c1. The Kier molecular flexibility index (Phi) is 2.85. The van der Waals surface area contributed by atoms with Gasteiger partial charge >= 0.3 is 0 Å². The summed E-state index contributed by atoms with van der Waals surface area (Å²) in [5.74, 6) is 0. The molecular weight excluding hydrogens is 174 g/mol. The summed E-state index contributed by atoms with van der Waals surface area (Å²) in [5, 5.41) is 12.9. The number of hydrogen-bond donors (Lipinski definition) is 2. The van der Waals surface area contributed by atoms with Crippen molar-refractivity contribution in [1.82, 2.24) is 5.32 Å². The molecule has 0 aromatic heterocycles. The van der Waals surface area contributed by atoms with Crippen molar-refractivity contribution < 1.29 is 5.11 Å². The zero-order valence-electron chi connectivity index (χ0n) is 8.53. The minimum absolute atomic E-state index is 0.364. The van der Waals surface area contributed by atoms with Crippen molar-refractivity contribution in [3.8, 4) is 0 Å². The van der Waals surface area contributed by atoms with Crippen LogP contribution in [0.1, 0.15) is 43.0 Å². The van der Waals surface area contributed by atoms with Crippen LogP contribution in [-0.4, -0.2) is 11.7 Å². The third-order valence-electron chi connectivity index (χ3n) is 2.86. The lowest BCUT2D eigenvalue weighted by atomic mass is 10.0. The van der Waals surface area contributed by atoms with Crippen molar-refractivity contribution in [2.24, 2.45) is 0 Å². The van der Waals surface area contributed by atoms with Gasteiger partial charge in [0.15, 0.2) is 0 Å². The van der Waals surface area contributed by atoms with E-state index in [9.17, 15) is 5.11 Å². The van der Waals surface area contributed by atoms with E-state index in [1.807, 2.05) is 12.1 Å². The van der Waals surface area contributed by atoms with Gasteiger partial charge in [0.05, 0.1) is 6.10 Å². The van der Waals surface area contributed by atoms with Gasteiger partial charge < -0.3 is 10.4 Å². The number of rotatable bonds is 2. The normalized spacial score (nSPS) is 23.7. The van der Waals surface area contributed by atoms with Gasteiger partial charge in [0.2, 0.25) is 0 Å². The molecule has 0 amide bonds. The summed E-state index contributed by atoms with van der Waals surface area (Å²) in [7, 11) is 0. The molecule has 2 atom stereocenters. The maximum atomic E-state index is 9.47. The number of aliphatic hydroxyl groups excluding tert-OH is 1. The average molecular weight is 191 g/mol. The predicted octanol–water partition coefficient (Wildman–Crippen LogP) is 2.16. The van der Waals surface area contributed by atoms with Gasteiger partial charge in [-0.25, -0.2) is 0 Å². The lowest BCUT2D eigenvalue weighted by molar-refractivity contribution is 0.199. The highest BCUT2D eigenvalue weighted by Gasteiger charge is 2.16. The smallest absolute Gasteiger partial charge is 0.0762 e. The molecule has 1 aromatic carbocycles. The van der Waals surface area contributed by atoms with Crippen molar-refractivity contribution in [3.05, 3.63) is 35.4 Å². The Morgan fingerprint density at radius 3 is 3.00 bits per heavy atom. The monoisotopic (exact) mass is 191 g/mol. The molecule has 1 aliphatic heterocycles. The first-order valence-corrected chi connectivity index (χ1v) is 5.28. The highest BCUT2D eigenvalue weighted by Crippen LogP contribution is 2.25. The number of aliphatic hydroxyl groups is 1. The molecule has 1 aromatic rings. The quantitative estimate of drug-likeness (QED) is 0.751. The van der Waals surface area contributed by atoms with Crippen molar-refractivity contribution in [3.63, 3.8) is 0 Å². The van der Waals surface area contributed by atoms with E-state index in [1.54, 1.807) is 6.92 Å². The standard InChI is InChI=1S/C12H17NO/c1-9(14)10-4-2-5-11(8-10)12-6-3-7-13-12/h2,4-5,8-9,12-14H,3,6-7H2,1H3. The van der Waals surface area contributed by atoms with Gasteiger partial charge in [-0.15, -0.1) is 0 Å². The Bertz CT molecular complexity index is 303. The van der Waals surface area contributed by atoms with Crippen LogP contribution in [-0.2, 0) is 0 Å². The molecule has 14 heavy (non-hydrogen) atoms. The van der Waals surface area contributed by atoms with E-state index in [2.05, 4.69) is 17.4 Å². The van der Waals surface area contributed by atoms with E-state index in [1.165, 1.54) is 18.4 Å². The van der Waals surface area contributed by atoms with E-state index in [4.69, 9.17) is 0 Å². The zero-order chi connectivity index (χ0) is 9.97. The average Bonchev–Trinajstić information content (AvgIpc) is 2.71. The molecule has 0 aliphatic carbocycles. The maximum absolute atomic E-state index is 9.47. The fraction of sp³-hybridized carbons (Fsp3) is 0.500. The maximum Gasteiger partial charge on any atom is 0.0762 e. The summed E-state index contributed by atoms with van der Waals surface area (Å²) in [4.78, 5) is 0. The second-order valence-electron chi connectivity index (χ2n) is 4.00. The molecule has 76 valence electrons. The summed E-state index contributed by atoms with van der Waals surface area (Å²) in [5.41, 5.74) is 2.32. The van der Waals surface area contributed by atoms with Gasteiger partial charge in [-0.05, 0) is 37.4 Å². The summed E-state index contributed by atoms with van der Waals surface area (Å²) in [6.45, 7) is 2.92. The zero-order valence-corrected chi connectivity index (χ0v) is 8.53. The van der Waals surface area contributed by atoms with E-state index in [0.717, 1.165) is 12.1 Å². The molecule has 0 saturated carbocycles. The van der Waals surface area contributed by atoms with Gasteiger partial charge in [0.1, 0.15) is 0 Å². The number of hydrogen-bond acceptors (Lipinski definition) is 2. The first kappa shape index (κ1) is 9.69. The van der Waals surface area contributed by atoms with Crippen molar-refractivity contribution in [2.75, 3.05) is 6.54 Å². The minimum atomic E-state index is -0.364. The van der Waals surface area contributed by atoms with Crippen LogP contribution < -0.4 is 5.32 Å². The lowest BCUT2D eigenvalue weighted by Gasteiger charge is -2.13. The molecule has 0 radical (unpaired) electrons.